The number of aromatic nitrogens is 1. The molecule has 3 rings (SSSR count). The van der Waals surface area contributed by atoms with E-state index in [1.807, 2.05) is 13.0 Å². The Kier molecular flexibility index (Phi) is 6.26. The number of anilines is 1. The van der Waals surface area contributed by atoms with Crippen LogP contribution in [-0.4, -0.2) is 27.5 Å². The molecule has 0 saturated heterocycles. The second-order valence-corrected chi connectivity index (χ2v) is 7.72. The van der Waals surface area contributed by atoms with E-state index in [0.29, 0.717) is 15.7 Å². The first kappa shape index (κ1) is 20.9. The second kappa shape index (κ2) is 8.68. The van der Waals surface area contributed by atoms with Crippen LogP contribution in [0.3, 0.4) is 0 Å². The number of halogens is 1. The summed E-state index contributed by atoms with van der Waals surface area (Å²) in [5.74, 6) is -0.494. The molecule has 0 aliphatic rings. The van der Waals surface area contributed by atoms with Crippen molar-refractivity contribution in [3.8, 4) is 5.75 Å². The minimum atomic E-state index is -0.605. The molecule has 1 heterocycles. The zero-order chi connectivity index (χ0) is 21.1. The monoisotopic (exact) mass is 450 g/mol. The fourth-order valence-electron chi connectivity index (χ4n) is 2.49. The van der Waals surface area contributed by atoms with Gasteiger partial charge in [-0.15, -0.1) is 0 Å². The fraction of sp³-hybridized carbons (Fsp3) is 0.167. The first-order valence-corrected chi connectivity index (χ1v) is 9.99. The number of fused-ring (bicyclic) bond motifs is 1. The number of carbonyl (C=O) groups is 1. The van der Waals surface area contributed by atoms with Crippen molar-refractivity contribution in [2.75, 3.05) is 11.9 Å². The van der Waals surface area contributed by atoms with Gasteiger partial charge in [0.2, 0.25) is 0 Å². The van der Waals surface area contributed by atoms with Gasteiger partial charge in [0.15, 0.2) is 16.0 Å². The van der Waals surface area contributed by atoms with E-state index in [1.54, 1.807) is 13.0 Å². The number of ether oxygens (including phenoxy) is 1. The van der Waals surface area contributed by atoms with Gasteiger partial charge >= 0.3 is 5.69 Å². The number of nitro benzene ring substituents is 1. The lowest BCUT2D eigenvalue weighted by molar-refractivity contribution is -0.385. The zero-order valence-electron chi connectivity index (χ0n) is 15.3. The lowest BCUT2D eigenvalue weighted by Crippen LogP contribution is -2.34. The highest BCUT2D eigenvalue weighted by Crippen LogP contribution is 2.30. The fourth-order valence-corrected chi connectivity index (χ4v) is 3.85. The average Bonchev–Trinajstić information content (AvgIpc) is 3.02. The largest absolute Gasteiger partial charge is 0.487 e. The molecule has 1 amide bonds. The van der Waals surface area contributed by atoms with Crippen LogP contribution >= 0.6 is 35.2 Å². The Labute approximate surface area is 180 Å². The topological polar surface area (TPSA) is 106 Å². The van der Waals surface area contributed by atoms with E-state index >= 15 is 0 Å². The van der Waals surface area contributed by atoms with Crippen LogP contribution in [0.25, 0.3) is 10.2 Å². The lowest BCUT2D eigenvalue weighted by Gasteiger charge is -2.08. The Morgan fingerprint density at radius 3 is 2.83 bits per heavy atom. The van der Waals surface area contributed by atoms with Gasteiger partial charge in [0, 0.05) is 16.7 Å². The second-order valence-electron chi connectivity index (χ2n) is 5.87. The third-order valence-electron chi connectivity index (χ3n) is 3.83. The molecule has 2 N–H and O–H groups in total. The van der Waals surface area contributed by atoms with Crippen molar-refractivity contribution in [2.45, 2.75) is 13.8 Å². The van der Waals surface area contributed by atoms with E-state index < -0.39 is 10.8 Å². The van der Waals surface area contributed by atoms with Gasteiger partial charge in [-0.2, -0.15) is 0 Å². The molecule has 8 nitrogen and oxygen atoms in total. The summed E-state index contributed by atoms with van der Waals surface area (Å²) in [5, 5.41) is 17.7. The van der Waals surface area contributed by atoms with Gasteiger partial charge in [-0.25, -0.2) is 4.98 Å². The number of nitrogens with one attached hydrogen (secondary N) is 2. The van der Waals surface area contributed by atoms with Gasteiger partial charge < -0.3 is 10.1 Å². The maximum atomic E-state index is 12.4. The van der Waals surface area contributed by atoms with Crippen molar-refractivity contribution >= 4 is 67.2 Å². The van der Waals surface area contributed by atoms with Crippen molar-refractivity contribution in [3.63, 3.8) is 0 Å². The van der Waals surface area contributed by atoms with Gasteiger partial charge in [0.25, 0.3) is 5.91 Å². The summed E-state index contributed by atoms with van der Waals surface area (Å²) in [4.78, 5) is 27.4. The number of amides is 1. The molecule has 0 unspecified atom stereocenters. The Hall–Kier alpha value is -2.82. The molecule has 0 fully saturated rings. The molecule has 11 heteroatoms. The van der Waals surface area contributed by atoms with Crippen molar-refractivity contribution < 1.29 is 14.5 Å². The molecule has 0 saturated carbocycles. The number of thiocarbonyl (C=S) groups is 1. The van der Waals surface area contributed by atoms with Gasteiger partial charge in [0.1, 0.15) is 0 Å². The van der Waals surface area contributed by atoms with Crippen LogP contribution < -0.4 is 15.4 Å². The smallest absolute Gasteiger partial charge is 0.311 e. The minimum absolute atomic E-state index is 0.0217. The SMILES string of the molecule is CCOc1ccc(C(=O)NC(=S)Nc2nc3cc(Cl)c(C)cc3s2)cc1[N+](=O)[O-]. The quantitative estimate of drug-likeness (QED) is 0.330. The molecule has 1 aromatic heterocycles. The number of thiazole rings is 1. The van der Waals surface area contributed by atoms with Crippen molar-refractivity contribution in [3.05, 3.63) is 56.6 Å². The van der Waals surface area contributed by atoms with Crippen LogP contribution in [0.15, 0.2) is 30.3 Å². The molecule has 150 valence electrons. The van der Waals surface area contributed by atoms with Gasteiger partial charge in [-0.1, -0.05) is 22.9 Å². The summed E-state index contributed by atoms with van der Waals surface area (Å²) in [7, 11) is 0. The molecule has 0 spiro atoms. The number of rotatable bonds is 5. The third kappa shape index (κ3) is 4.78. The maximum Gasteiger partial charge on any atom is 0.311 e. The van der Waals surface area contributed by atoms with Crippen LogP contribution in [0.1, 0.15) is 22.8 Å². The Morgan fingerprint density at radius 2 is 2.14 bits per heavy atom. The number of aryl methyl sites for hydroxylation is 1. The van der Waals surface area contributed by atoms with E-state index in [-0.39, 0.29) is 28.7 Å². The van der Waals surface area contributed by atoms with E-state index in [2.05, 4.69) is 15.6 Å². The van der Waals surface area contributed by atoms with Gasteiger partial charge in [-0.05, 0) is 55.9 Å². The zero-order valence-corrected chi connectivity index (χ0v) is 17.7. The number of nitrogens with zero attached hydrogens (tertiary/aromatic N) is 2. The van der Waals surface area contributed by atoms with E-state index in [4.69, 9.17) is 28.6 Å². The predicted octanol–water partition coefficient (Wildman–Crippen LogP) is 4.69. The molecular weight excluding hydrogens is 436 g/mol. The molecule has 29 heavy (non-hydrogen) atoms. The van der Waals surface area contributed by atoms with Crippen molar-refractivity contribution in [2.24, 2.45) is 0 Å². The highest BCUT2D eigenvalue weighted by Gasteiger charge is 2.19. The summed E-state index contributed by atoms with van der Waals surface area (Å²) in [6, 6.07) is 7.63. The predicted molar refractivity (Wildman–Crippen MR) is 117 cm³/mol. The highest BCUT2D eigenvalue weighted by molar-refractivity contribution is 7.80. The Bertz CT molecular complexity index is 1090. The van der Waals surface area contributed by atoms with E-state index in [0.717, 1.165) is 16.3 Å². The van der Waals surface area contributed by atoms with Crippen LogP contribution in [0, 0.1) is 17.0 Å². The summed E-state index contributed by atoms with van der Waals surface area (Å²) >= 11 is 12.6. The summed E-state index contributed by atoms with van der Waals surface area (Å²) in [6.45, 7) is 3.88. The Morgan fingerprint density at radius 1 is 1.38 bits per heavy atom. The first-order chi connectivity index (χ1) is 13.8. The third-order valence-corrected chi connectivity index (χ3v) is 5.38. The number of carbonyl (C=O) groups excluding carboxylic acids is 1. The average molecular weight is 451 g/mol. The van der Waals surface area contributed by atoms with E-state index in [9.17, 15) is 14.9 Å². The van der Waals surface area contributed by atoms with Crippen LogP contribution in [0.5, 0.6) is 5.75 Å². The number of hydrogen-bond acceptors (Lipinski definition) is 7. The number of hydrogen-bond donors (Lipinski definition) is 2. The highest BCUT2D eigenvalue weighted by atomic mass is 35.5. The summed E-state index contributed by atoms with van der Waals surface area (Å²) in [5.41, 5.74) is 1.43. The van der Waals surface area contributed by atoms with Crippen molar-refractivity contribution in [1.82, 2.24) is 10.3 Å². The summed E-state index contributed by atoms with van der Waals surface area (Å²) < 4.78 is 6.13. The Balaban J connectivity index is 1.73. The first-order valence-electron chi connectivity index (χ1n) is 8.38. The van der Waals surface area contributed by atoms with Gasteiger partial charge in [-0.3, -0.25) is 20.2 Å². The molecular formula is C18H15ClN4O4S2. The summed E-state index contributed by atoms with van der Waals surface area (Å²) in [6.07, 6.45) is 0. The van der Waals surface area contributed by atoms with Crippen LogP contribution in [-0.2, 0) is 0 Å². The molecule has 0 atom stereocenters. The molecule has 0 radical (unpaired) electrons. The number of benzene rings is 2. The molecule has 2 aromatic carbocycles. The molecule has 0 aliphatic heterocycles. The molecule has 0 aliphatic carbocycles. The maximum absolute atomic E-state index is 12.4. The normalized spacial score (nSPS) is 10.6. The van der Waals surface area contributed by atoms with Gasteiger partial charge in [0.05, 0.1) is 21.7 Å². The number of nitro groups is 1. The lowest BCUT2D eigenvalue weighted by atomic mass is 10.1. The van der Waals surface area contributed by atoms with Crippen molar-refractivity contribution in [1.29, 1.82) is 0 Å². The standard InChI is InChI=1S/C18H15ClN4O4S2/c1-3-27-14-5-4-10(7-13(14)23(25)26)16(24)21-17(28)22-18-20-12-8-11(19)9(2)6-15(12)29-18/h4-8H,3H2,1-2H3,(H2,20,21,22,24,28). The minimum Gasteiger partial charge on any atom is -0.487 e. The molecule has 3 aromatic rings. The van der Waals surface area contributed by atoms with Crippen LogP contribution in [0.4, 0.5) is 10.8 Å². The van der Waals surface area contributed by atoms with Crippen LogP contribution in [0.2, 0.25) is 5.02 Å². The van der Waals surface area contributed by atoms with E-state index in [1.165, 1.54) is 23.5 Å². The molecule has 0 bridgehead atoms.